The van der Waals surface area contributed by atoms with Gasteiger partial charge in [-0.2, -0.15) is 0 Å². The normalized spacial score (nSPS) is 41.4. The van der Waals surface area contributed by atoms with Crippen molar-refractivity contribution in [1.29, 1.82) is 0 Å². The molecule has 4 aliphatic rings. The first kappa shape index (κ1) is 11.8. The van der Waals surface area contributed by atoms with E-state index in [2.05, 4.69) is 0 Å². The van der Waals surface area contributed by atoms with Crippen molar-refractivity contribution < 1.29 is 5.11 Å². The molecule has 2 heteroatoms. The van der Waals surface area contributed by atoms with Crippen molar-refractivity contribution in [2.24, 2.45) is 28.9 Å². The number of phenols is 1. The van der Waals surface area contributed by atoms with Crippen LogP contribution in [0.5, 0.6) is 5.75 Å². The van der Waals surface area contributed by atoms with E-state index in [0.29, 0.717) is 11.2 Å². The zero-order valence-corrected chi connectivity index (χ0v) is 11.4. The summed E-state index contributed by atoms with van der Waals surface area (Å²) in [4.78, 5) is 0. The summed E-state index contributed by atoms with van der Waals surface area (Å²) in [7, 11) is 0. The van der Waals surface area contributed by atoms with Gasteiger partial charge in [0.15, 0.2) is 0 Å². The van der Waals surface area contributed by atoms with E-state index >= 15 is 0 Å². The van der Waals surface area contributed by atoms with Gasteiger partial charge in [0.05, 0.1) is 0 Å². The smallest absolute Gasteiger partial charge is 0.115 e. The molecule has 3 N–H and O–H groups in total. The highest BCUT2D eigenvalue weighted by atomic mass is 16.3. The van der Waals surface area contributed by atoms with Crippen molar-refractivity contribution >= 4 is 0 Å². The predicted molar refractivity (Wildman–Crippen MR) is 75.6 cm³/mol. The topological polar surface area (TPSA) is 46.2 Å². The average Bonchev–Trinajstić information content (AvgIpc) is 2.37. The molecule has 19 heavy (non-hydrogen) atoms. The number of rotatable bonds is 2. The van der Waals surface area contributed by atoms with E-state index < -0.39 is 0 Å². The minimum absolute atomic E-state index is 0.154. The van der Waals surface area contributed by atoms with Crippen LogP contribution in [0, 0.1) is 23.2 Å². The molecule has 5 rings (SSSR count). The summed E-state index contributed by atoms with van der Waals surface area (Å²) >= 11 is 0. The Morgan fingerprint density at radius 2 is 1.42 bits per heavy atom. The summed E-state index contributed by atoms with van der Waals surface area (Å²) in [6, 6.07) is 7.73. The van der Waals surface area contributed by atoms with Gasteiger partial charge < -0.3 is 10.8 Å². The van der Waals surface area contributed by atoms with Gasteiger partial charge in [-0.3, -0.25) is 0 Å². The Kier molecular flexibility index (Phi) is 2.47. The van der Waals surface area contributed by atoms with Crippen LogP contribution in [0.3, 0.4) is 0 Å². The zero-order chi connectivity index (χ0) is 13.0. The number of hydrogen-bond donors (Lipinski definition) is 2. The van der Waals surface area contributed by atoms with Gasteiger partial charge >= 0.3 is 0 Å². The van der Waals surface area contributed by atoms with Crippen LogP contribution in [0.2, 0.25) is 0 Å². The van der Waals surface area contributed by atoms with Crippen LogP contribution >= 0.6 is 0 Å². The number of hydrogen-bond acceptors (Lipinski definition) is 2. The lowest BCUT2D eigenvalue weighted by atomic mass is 9.47. The third-order valence-corrected chi connectivity index (χ3v) is 6.00. The summed E-state index contributed by atoms with van der Waals surface area (Å²) in [5.74, 6) is 3.15. The molecule has 4 saturated carbocycles. The second-order valence-electron chi connectivity index (χ2n) is 7.35. The monoisotopic (exact) mass is 257 g/mol. The Balaban J connectivity index is 1.65. The van der Waals surface area contributed by atoms with E-state index in [9.17, 15) is 5.11 Å². The summed E-state index contributed by atoms with van der Waals surface area (Å²) < 4.78 is 0. The van der Waals surface area contributed by atoms with Gasteiger partial charge in [0.2, 0.25) is 0 Å². The lowest BCUT2D eigenvalue weighted by molar-refractivity contribution is -0.0677. The van der Waals surface area contributed by atoms with Crippen LogP contribution < -0.4 is 5.73 Å². The van der Waals surface area contributed by atoms with Crippen LogP contribution in [0.4, 0.5) is 0 Å². The largest absolute Gasteiger partial charge is 0.508 e. The maximum Gasteiger partial charge on any atom is 0.115 e. The maximum absolute atomic E-state index is 9.43. The molecule has 0 amide bonds. The maximum atomic E-state index is 9.43. The molecule has 0 aliphatic heterocycles. The van der Waals surface area contributed by atoms with E-state index in [4.69, 9.17) is 5.73 Å². The van der Waals surface area contributed by atoms with E-state index in [-0.39, 0.29) is 6.04 Å². The van der Waals surface area contributed by atoms with Gasteiger partial charge in [0.25, 0.3) is 0 Å². The summed E-state index contributed by atoms with van der Waals surface area (Å²) in [5, 5.41) is 9.43. The Morgan fingerprint density at radius 1 is 0.947 bits per heavy atom. The van der Waals surface area contributed by atoms with Gasteiger partial charge in [-0.25, -0.2) is 0 Å². The number of phenolic OH excluding ortho intramolecular Hbond substituents is 1. The number of aromatic hydroxyl groups is 1. The van der Waals surface area contributed by atoms with E-state index in [0.717, 1.165) is 17.8 Å². The lowest BCUT2D eigenvalue weighted by Gasteiger charge is -2.59. The van der Waals surface area contributed by atoms with Crippen molar-refractivity contribution in [3.63, 3.8) is 0 Å². The fourth-order valence-electron chi connectivity index (χ4n) is 5.59. The molecule has 2 nitrogen and oxygen atoms in total. The fraction of sp³-hybridized carbons (Fsp3) is 0.647. The van der Waals surface area contributed by atoms with Crippen molar-refractivity contribution in [3.8, 4) is 5.75 Å². The molecule has 0 saturated heterocycles. The highest BCUT2D eigenvalue weighted by Crippen LogP contribution is 2.63. The molecule has 4 aliphatic carbocycles. The Bertz CT molecular complexity index is 443. The Hall–Kier alpha value is -1.02. The fourth-order valence-corrected chi connectivity index (χ4v) is 5.59. The molecule has 102 valence electrons. The van der Waals surface area contributed by atoms with E-state index in [1.165, 1.54) is 44.1 Å². The third kappa shape index (κ3) is 1.80. The molecular weight excluding hydrogens is 234 g/mol. The first-order valence-electron chi connectivity index (χ1n) is 7.69. The number of nitrogens with two attached hydrogens (primary N) is 1. The van der Waals surface area contributed by atoms with Gasteiger partial charge in [0, 0.05) is 6.04 Å². The SMILES string of the molecule is NC(c1ccc(O)cc1)C12CC3CC(CC(C3)C1)C2. The van der Waals surface area contributed by atoms with E-state index in [1.807, 2.05) is 12.1 Å². The van der Waals surface area contributed by atoms with E-state index in [1.54, 1.807) is 12.1 Å². The Morgan fingerprint density at radius 3 is 1.89 bits per heavy atom. The predicted octanol–water partition coefficient (Wildman–Crippen LogP) is 3.61. The summed E-state index contributed by atoms with van der Waals surface area (Å²) in [6.45, 7) is 0. The minimum Gasteiger partial charge on any atom is -0.508 e. The molecule has 1 aromatic carbocycles. The zero-order valence-electron chi connectivity index (χ0n) is 11.4. The molecule has 1 aromatic rings. The Labute approximate surface area is 115 Å². The van der Waals surface area contributed by atoms with Gasteiger partial charge in [-0.15, -0.1) is 0 Å². The average molecular weight is 257 g/mol. The minimum atomic E-state index is 0.154. The van der Waals surface area contributed by atoms with Crippen LogP contribution in [-0.4, -0.2) is 5.11 Å². The molecule has 0 spiro atoms. The van der Waals surface area contributed by atoms with Crippen molar-refractivity contribution in [2.75, 3.05) is 0 Å². The standard InChI is InChI=1S/C17H23NO/c18-16(14-1-3-15(19)4-2-14)17-8-11-5-12(9-17)7-13(6-11)10-17/h1-4,11-13,16,19H,5-10,18H2. The lowest BCUT2D eigenvalue weighted by Crippen LogP contribution is -2.50. The molecule has 0 aromatic heterocycles. The highest BCUT2D eigenvalue weighted by molar-refractivity contribution is 5.29. The van der Waals surface area contributed by atoms with Crippen molar-refractivity contribution in [1.82, 2.24) is 0 Å². The molecule has 1 unspecified atom stereocenters. The first-order valence-corrected chi connectivity index (χ1v) is 7.69. The molecule has 0 radical (unpaired) electrons. The molecule has 4 fully saturated rings. The van der Waals surface area contributed by atoms with Crippen LogP contribution in [-0.2, 0) is 0 Å². The summed E-state index contributed by atoms with van der Waals surface area (Å²) in [5.41, 5.74) is 8.22. The molecular formula is C17H23NO. The van der Waals surface area contributed by atoms with Crippen molar-refractivity contribution in [2.45, 2.75) is 44.6 Å². The van der Waals surface area contributed by atoms with Gasteiger partial charge in [0.1, 0.15) is 5.75 Å². The van der Waals surface area contributed by atoms with Crippen LogP contribution in [0.25, 0.3) is 0 Å². The van der Waals surface area contributed by atoms with Crippen LogP contribution in [0.15, 0.2) is 24.3 Å². The second kappa shape index (κ2) is 3.99. The van der Waals surface area contributed by atoms with Gasteiger partial charge in [-0.05, 0) is 79.4 Å². The van der Waals surface area contributed by atoms with Gasteiger partial charge in [-0.1, -0.05) is 12.1 Å². The third-order valence-electron chi connectivity index (χ3n) is 6.00. The van der Waals surface area contributed by atoms with Crippen LogP contribution in [0.1, 0.15) is 50.1 Å². The number of benzene rings is 1. The second-order valence-corrected chi connectivity index (χ2v) is 7.35. The highest BCUT2D eigenvalue weighted by Gasteiger charge is 2.53. The quantitative estimate of drug-likeness (QED) is 0.850. The molecule has 4 bridgehead atoms. The molecule has 1 atom stereocenters. The summed E-state index contributed by atoms with van der Waals surface area (Å²) in [6.07, 6.45) is 8.38. The molecule has 0 heterocycles. The van der Waals surface area contributed by atoms with Crippen molar-refractivity contribution in [3.05, 3.63) is 29.8 Å². The first-order chi connectivity index (χ1) is 9.14.